The zero-order chi connectivity index (χ0) is 13.3. The topological polar surface area (TPSA) is 39.2 Å². The highest BCUT2D eigenvalue weighted by atomic mass is 79.9. The van der Waals surface area contributed by atoms with Gasteiger partial charge in [0.1, 0.15) is 0 Å². The molecular weight excluding hydrogens is 290 g/mol. The molecule has 2 N–H and O–H groups in total. The van der Waals surface area contributed by atoms with Crippen LogP contribution in [0.1, 0.15) is 33.9 Å². The zero-order valence-corrected chi connectivity index (χ0v) is 12.5. The molecule has 2 aromatic rings. The van der Waals surface area contributed by atoms with Crippen LogP contribution >= 0.6 is 15.9 Å². The van der Waals surface area contributed by atoms with E-state index in [0.29, 0.717) is 0 Å². The average molecular weight is 308 g/mol. The molecule has 2 rings (SSSR count). The molecule has 3 heteroatoms. The number of rotatable bonds is 3. The minimum Gasteiger partial charge on any atom is -0.457 e. The average Bonchev–Trinajstić information content (AvgIpc) is 2.69. The number of nitrogens with two attached hydrogens (primary N) is 1. The first kappa shape index (κ1) is 13.4. The van der Waals surface area contributed by atoms with E-state index in [1.54, 1.807) is 6.26 Å². The molecule has 0 saturated carbocycles. The highest BCUT2D eigenvalue weighted by molar-refractivity contribution is 9.10. The Morgan fingerprint density at radius 3 is 2.33 bits per heavy atom. The van der Waals surface area contributed by atoms with Crippen LogP contribution in [0.3, 0.4) is 0 Å². The van der Waals surface area contributed by atoms with Crippen molar-refractivity contribution in [1.29, 1.82) is 0 Å². The molecule has 0 saturated heterocycles. The van der Waals surface area contributed by atoms with Crippen LogP contribution < -0.4 is 5.73 Å². The second-order valence-electron chi connectivity index (χ2n) is 4.84. The van der Waals surface area contributed by atoms with Crippen LogP contribution in [0.4, 0.5) is 0 Å². The van der Waals surface area contributed by atoms with Gasteiger partial charge in [0.15, 0.2) is 4.67 Å². The van der Waals surface area contributed by atoms with Crippen LogP contribution in [0.5, 0.6) is 0 Å². The summed E-state index contributed by atoms with van der Waals surface area (Å²) >= 11 is 3.38. The van der Waals surface area contributed by atoms with Gasteiger partial charge in [-0.1, -0.05) is 17.7 Å². The molecular formula is C15H18BrNO. The number of aryl methyl sites for hydroxylation is 3. The predicted octanol–water partition coefficient (Wildman–Crippen LogP) is 4.21. The van der Waals surface area contributed by atoms with Gasteiger partial charge in [0, 0.05) is 11.6 Å². The van der Waals surface area contributed by atoms with Gasteiger partial charge in [0.2, 0.25) is 0 Å². The van der Waals surface area contributed by atoms with E-state index in [2.05, 4.69) is 48.8 Å². The Kier molecular flexibility index (Phi) is 3.93. The molecule has 0 fully saturated rings. The van der Waals surface area contributed by atoms with Gasteiger partial charge < -0.3 is 10.2 Å². The van der Waals surface area contributed by atoms with Gasteiger partial charge >= 0.3 is 0 Å². The summed E-state index contributed by atoms with van der Waals surface area (Å²) in [5.41, 5.74) is 12.5. The fraction of sp³-hybridized carbons (Fsp3) is 0.333. The maximum Gasteiger partial charge on any atom is 0.173 e. The summed E-state index contributed by atoms with van der Waals surface area (Å²) in [5.74, 6) is 0. The first-order chi connectivity index (χ1) is 8.49. The van der Waals surface area contributed by atoms with Crippen LogP contribution in [-0.2, 0) is 6.42 Å². The van der Waals surface area contributed by atoms with E-state index in [4.69, 9.17) is 10.2 Å². The van der Waals surface area contributed by atoms with E-state index in [1.165, 1.54) is 22.3 Å². The molecule has 0 amide bonds. The summed E-state index contributed by atoms with van der Waals surface area (Å²) < 4.78 is 5.97. The molecule has 96 valence electrons. The van der Waals surface area contributed by atoms with Gasteiger partial charge in [-0.3, -0.25) is 0 Å². The van der Waals surface area contributed by atoms with Crippen molar-refractivity contribution in [2.45, 2.75) is 33.2 Å². The highest BCUT2D eigenvalue weighted by Crippen LogP contribution is 2.27. The molecule has 1 aromatic carbocycles. The number of hydrogen-bond acceptors (Lipinski definition) is 2. The van der Waals surface area contributed by atoms with Crippen molar-refractivity contribution in [1.82, 2.24) is 0 Å². The Labute approximate surface area is 116 Å². The number of hydrogen-bond donors (Lipinski definition) is 1. The fourth-order valence-electron chi connectivity index (χ4n) is 2.43. The lowest BCUT2D eigenvalue weighted by atomic mass is 9.93. The molecule has 1 atom stereocenters. The van der Waals surface area contributed by atoms with Crippen LogP contribution in [0.25, 0.3) is 0 Å². The van der Waals surface area contributed by atoms with Crippen molar-refractivity contribution >= 4 is 15.9 Å². The van der Waals surface area contributed by atoms with E-state index in [9.17, 15) is 0 Å². The molecule has 0 aliphatic carbocycles. The lowest BCUT2D eigenvalue weighted by Gasteiger charge is -2.16. The third-order valence-corrected chi connectivity index (χ3v) is 3.95. The summed E-state index contributed by atoms with van der Waals surface area (Å²) in [7, 11) is 0. The molecule has 0 aliphatic heterocycles. The summed E-state index contributed by atoms with van der Waals surface area (Å²) in [4.78, 5) is 0. The zero-order valence-electron chi connectivity index (χ0n) is 11.0. The Bertz CT molecular complexity index is 536. The molecule has 1 aromatic heterocycles. The van der Waals surface area contributed by atoms with Gasteiger partial charge in [-0.05, 0) is 65.9 Å². The maximum atomic E-state index is 6.26. The van der Waals surface area contributed by atoms with Gasteiger partial charge in [-0.15, -0.1) is 0 Å². The first-order valence-electron chi connectivity index (χ1n) is 6.04. The monoisotopic (exact) mass is 307 g/mol. The predicted molar refractivity (Wildman–Crippen MR) is 77.7 cm³/mol. The van der Waals surface area contributed by atoms with Crippen molar-refractivity contribution in [2.75, 3.05) is 0 Å². The molecule has 18 heavy (non-hydrogen) atoms. The van der Waals surface area contributed by atoms with Crippen LogP contribution in [0.2, 0.25) is 0 Å². The Morgan fingerprint density at radius 2 is 1.83 bits per heavy atom. The van der Waals surface area contributed by atoms with E-state index in [1.807, 2.05) is 6.07 Å². The molecule has 0 radical (unpaired) electrons. The number of furan rings is 1. The van der Waals surface area contributed by atoms with Crippen LogP contribution in [0, 0.1) is 20.8 Å². The molecule has 0 bridgehead atoms. The lowest BCUT2D eigenvalue weighted by Crippen LogP contribution is -2.14. The Balaban J connectivity index is 2.27. The number of benzene rings is 1. The third-order valence-electron chi connectivity index (χ3n) is 3.31. The van der Waals surface area contributed by atoms with Crippen molar-refractivity contribution in [3.8, 4) is 0 Å². The second-order valence-corrected chi connectivity index (χ2v) is 5.56. The van der Waals surface area contributed by atoms with E-state index >= 15 is 0 Å². The summed E-state index contributed by atoms with van der Waals surface area (Å²) in [6.07, 6.45) is 2.49. The van der Waals surface area contributed by atoms with Gasteiger partial charge in [-0.2, -0.15) is 0 Å². The van der Waals surface area contributed by atoms with Crippen LogP contribution in [0.15, 0.2) is 33.5 Å². The van der Waals surface area contributed by atoms with Crippen molar-refractivity contribution < 1.29 is 4.42 Å². The Hall–Kier alpha value is -1.06. The quantitative estimate of drug-likeness (QED) is 0.922. The van der Waals surface area contributed by atoms with Gasteiger partial charge in [0.25, 0.3) is 0 Å². The smallest absolute Gasteiger partial charge is 0.173 e. The third kappa shape index (κ3) is 2.68. The molecule has 0 aliphatic rings. The molecule has 1 heterocycles. The van der Waals surface area contributed by atoms with Crippen molar-refractivity contribution in [3.63, 3.8) is 0 Å². The van der Waals surface area contributed by atoms with E-state index < -0.39 is 0 Å². The summed E-state index contributed by atoms with van der Waals surface area (Å²) in [5, 5.41) is 0. The second kappa shape index (κ2) is 5.29. The minimum atomic E-state index is -0.0433. The number of halogens is 1. The van der Waals surface area contributed by atoms with Gasteiger partial charge in [0.05, 0.1) is 6.26 Å². The molecule has 1 unspecified atom stereocenters. The van der Waals surface area contributed by atoms with Crippen LogP contribution in [-0.4, -0.2) is 0 Å². The van der Waals surface area contributed by atoms with E-state index in [-0.39, 0.29) is 6.04 Å². The SMILES string of the molecule is Cc1cc(C)c(CC(N)c2ccoc2Br)c(C)c1. The summed E-state index contributed by atoms with van der Waals surface area (Å²) in [6.45, 7) is 6.41. The van der Waals surface area contributed by atoms with E-state index in [0.717, 1.165) is 16.7 Å². The van der Waals surface area contributed by atoms with Crippen molar-refractivity contribution in [3.05, 3.63) is 56.9 Å². The molecule has 0 spiro atoms. The first-order valence-corrected chi connectivity index (χ1v) is 6.83. The lowest BCUT2D eigenvalue weighted by molar-refractivity contribution is 0.530. The van der Waals surface area contributed by atoms with Gasteiger partial charge in [-0.25, -0.2) is 0 Å². The largest absolute Gasteiger partial charge is 0.457 e. The fourth-order valence-corrected chi connectivity index (χ4v) is 2.97. The Morgan fingerprint density at radius 1 is 1.22 bits per heavy atom. The summed E-state index contributed by atoms with van der Waals surface area (Å²) in [6, 6.07) is 6.30. The maximum absolute atomic E-state index is 6.26. The normalized spacial score (nSPS) is 12.7. The molecule has 2 nitrogen and oxygen atoms in total. The van der Waals surface area contributed by atoms with Crippen molar-refractivity contribution in [2.24, 2.45) is 5.73 Å². The minimum absolute atomic E-state index is 0.0433. The highest BCUT2D eigenvalue weighted by Gasteiger charge is 2.15. The standard InChI is InChI=1S/C15H18BrNO/c1-9-6-10(2)13(11(3)7-9)8-14(17)12-4-5-18-15(12)16/h4-7,14H,8,17H2,1-3H3.